The fraction of sp³-hybridized carbons (Fsp3) is 0.597. The van der Waals surface area contributed by atoms with Crippen molar-refractivity contribution in [2.24, 2.45) is 22.9 Å². The zero-order chi connectivity index (χ0) is 54.1. The van der Waals surface area contributed by atoms with E-state index in [0.29, 0.717) is 68.2 Å². The molecule has 2 heterocycles. The average Bonchev–Trinajstić information content (AvgIpc) is 3.62. The number of ether oxygens (including phenoxy) is 6. The van der Waals surface area contributed by atoms with E-state index in [9.17, 15) is 19.4 Å². The number of unbranched alkanes of at least 4 members (excludes halogenated alkanes) is 11. The maximum Gasteiger partial charge on any atom is 0.412 e. The van der Waals surface area contributed by atoms with E-state index in [2.05, 4.69) is 24.9 Å². The molecule has 3 aromatic rings. The number of nitrogens with one attached hydrogen (secondary N) is 1. The predicted molar refractivity (Wildman–Crippen MR) is 295 cm³/mol. The van der Waals surface area contributed by atoms with Gasteiger partial charge in [-0.05, 0) is 104 Å². The van der Waals surface area contributed by atoms with Gasteiger partial charge in [0.15, 0.2) is 0 Å². The molecule has 0 radical (unpaired) electrons. The van der Waals surface area contributed by atoms with Crippen LogP contribution in [0.2, 0.25) is 0 Å². The molecular weight excluding hydrogens is 982 g/mol. The lowest BCUT2D eigenvalue weighted by molar-refractivity contribution is -0.256. The number of rotatable bonds is 33. The Kier molecular flexibility index (Phi) is 24.6. The molecule has 1 saturated carbocycles. The van der Waals surface area contributed by atoms with Crippen molar-refractivity contribution >= 4 is 17.9 Å². The van der Waals surface area contributed by atoms with Gasteiger partial charge in [-0.15, -0.1) is 6.58 Å². The number of aliphatic hydroxyl groups is 2. The van der Waals surface area contributed by atoms with Gasteiger partial charge >= 0.3 is 12.2 Å². The number of hydrogen-bond acceptors (Lipinski definition) is 12. The smallest absolute Gasteiger partial charge is 0.412 e. The maximum atomic E-state index is 15.1. The fourth-order valence-corrected chi connectivity index (χ4v) is 11.7. The first-order chi connectivity index (χ1) is 37.8. The molecule has 1 unspecified atom stereocenters. The third kappa shape index (κ3) is 17.1. The van der Waals surface area contributed by atoms with Crippen LogP contribution in [-0.2, 0) is 36.9 Å². The Morgan fingerprint density at radius 1 is 0.870 bits per heavy atom. The van der Waals surface area contributed by atoms with Crippen LogP contribution in [0.25, 0.3) is 0 Å². The molecule has 77 heavy (non-hydrogen) atoms. The molecular formula is C62H86FN3O11. The number of fused-ring (bicyclic) bond motifs is 2. The second-order valence-electron chi connectivity index (χ2n) is 21.1. The van der Waals surface area contributed by atoms with E-state index in [1.807, 2.05) is 42.5 Å². The minimum absolute atomic E-state index is 0.00883. The highest BCUT2D eigenvalue weighted by atomic mass is 19.1. The summed E-state index contributed by atoms with van der Waals surface area (Å²) in [6.45, 7) is 7.89. The van der Waals surface area contributed by atoms with Gasteiger partial charge in [-0.2, -0.15) is 0 Å². The normalized spacial score (nSPS) is 23.0. The lowest BCUT2D eigenvalue weighted by atomic mass is 9.55. The summed E-state index contributed by atoms with van der Waals surface area (Å²) in [7, 11) is 0. The zero-order valence-electron chi connectivity index (χ0n) is 45.6. The Bertz CT molecular complexity index is 2310. The minimum Gasteiger partial charge on any atom is -0.459 e. The first kappa shape index (κ1) is 59.3. The van der Waals surface area contributed by atoms with E-state index in [-0.39, 0.29) is 63.8 Å². The zero-order valence-corrected chi connectivity index (χ0v) is 45.6. The van der Waals surface area contributed by atoms with E-state index in [4.69, 9.17) is 38.4 Å². The highest BCUT2D eigenvalue weighted by molar-refractivity contribution is 6.03. The molecule has 0 bridgehead atoms. The highest BCUT2D eigenvalue weighted by Gasteiger charge is 2.66. The Morgan fingerprint density at radius 3 is 2.32 bits per heavy atom. The van der Waals surface area contributed by atoms with Crippen molar-refractivity contribution in [2.45, 2.75) is 173 Å². The topological polar surface area (TPSA) is 167 Å². The molecule has 0 spiro atoms. The second kappa shape index (κ2) is 31.9. The first-order valence-corrected chi connectivity index (χ1v) is 28.9. The maximum absolute atomic E-state index is 15.1. The number of carbonyl (C=O) groups is 2. The van der Waals surface area contributed by atoms with Crippen LogP contribution in [0.5, 0.6) is 11.5 Å². The van der Waals surface area contributed by atoms with Crippen LogP contribution in [0.3, 0.4) is 0 Å². The van der Waals surface area contributed by atoms with Crippen LogP contribution in [-0.4, -0.2) is 97.3 Å². The van der Waals surface area contributed by atoms with Crippen LogP contribution in [0, 0.1) is 23.6 Å². The third-order valence-corrected chi connectivity index (χ3v) is 15.5. The molecule has 2 aliphatic carbocycles. The summed E-state index contributed by atoms with van der Waals surface area (Å²) < 4.78 is 53.3. The van der Waals surface area contributed by atoms with Crippen molar-refractivity contribution in [3.05, 3.63) is 120 Å². The van der Waals surface area contributed by atoms with Crippen LogP contribution >= 0.6 is 0 Å². The summed E-state index contributed by atoms with van der Waals surface area (Å²) in [4.78, 5) is 36.5. The quantitative estimate of drug-likeness (QED) is 0.0302. The Balaban J connectivity index is 1.27. The number of allylic oxidation sites excluding steroid dienone is 1. The van der Waals surface area contributed by atoms with Gasteiger partial charge in [-0.25, -0.2) is 14.0 Å². The second-order valence-corrected chi connectivity index (χ2v) is 21.1. The van der Waals surface area contributed by atoms with E-state index in [1.165, 1.54) is 57.1 Å². The lowest BCUT2D eigenvalue weighted by Gasteiger charge is -2.59. The van der Waals surface area contributed by atoms with Crippen LogP contribution in [0.4, 0.5) is 14.0 Å². The Hall–Kier alpha value is -5.32. The number of halogens is 1. The Labute approximate surface area is 456 Å². The average molecular weight is 1070 g/mol. The van der Waals surface area contributed by atoms with E-state index < -0.39 is 42.0 Å². The third-order valence-electron chi connectivity index (χ3n) is 15.5. The number of benzene rings is 3. The SMILES string of the molecule is C=CCO[C@@]12Oc3ccc(OC(=O)NCCCCCCCCCCCC)cc3[C@H]3[C@H](CCCCO)[C@@H](CCCCO)C=C(C(=NOC4CCCCO4)C[C@@H]1N(Cc1ccc(F)cc1)C(=O)OCCOCc1ccccc1)[C@H]32. The molecule has 4 aliphatic rings. The van der Waals surface area contributed by atoms with Gasteiger partial charge in [-0.3, -0.25) is 4.90 Å². The minimum atomic E-state index is -1.61. The first-order valence-electron chi connectivity index (χ1n) is 28.9. The van der Waals surface area contributed by atoms with Crippen molar-refractivity contribution in [2.75, 3.05) is 46.2 Å². The van der Waals surface area contributed by atoms with Gasteiger partial charge in [0.05, 0.1) is 38.1 Å². The number of oxime groups is 1. The van der Waals surface area contributed by atoms with Crippen molar-refractivity contribution in [1.82, 2.24) is 10.2 Å². The van der Waals surface area contributed by atoms with Crippen molar-refractivity contribution < 1.29 is 57.5 Å². The van der Waals surface area contributed by atoms with Gasteiger partial charge in [0.2, 0.25) is 12.1 Å². The molecule has 7 rings (SSSR count). The van der Waals surface area contributed by atoms with Crippen LogP contribution < -0.4 is 14.8 Å². The van der Waals surface area contributed by atoms with Gasteiger partial charge in [0.25, 0.3) is 0 Å². The summed E-state index contributed by atoms with van der Waals surface area (Å²) in [5.74, 6) is -2.31. The lowest BCUT2D eigenvalue weighted by Crippen LogP contribution is -2.70. The highest BCUT2D eigenvalue weighted by Crippen LogP contribution is 2.62. The number of carbonyl (C=O) groups excluding carboxylic acids is 2. The van der Waals surface area contributed by atoms with Crippen molar-refractivity contribution in [3.8, 4) is 11.5 Å². The number of aliphatic hydroxyl groups excluding tert-OH is 2. The summed E-state index contributed by atoms with van der Waals surface area (Å²) >= 11 is 0. The van der Waals surface area contributed by atoms with Crippen LogP contribution in [0.1, 0.15) is 158 Å². The predicted octanol–water partition coefficient (Wildman–Crippen LogP) is 12.9. The van der Waals surface area contributed by atoms with E-state index in [1.54, 1.807) is 29.2 Å². The molecule has 7 atom stereocenters. The molecule has 2 amide bonds. The van der Waals surface area contributed by atoms with E-state index in [0.717, 1.165) is 68.1 Å². The number of nitrogens with zero attached hydrogens (tertiary/aromatic N) is 2. The molecule has 1 saturated heterocycles. The molecule has 422 valence electrons. The molecule has 2 fully saturated rings. The summed E-state index contributed by atoms with van der Waals surface area (Å²) in [6.07, 6.45) is 20.9. The van der Waals surface area contributed by atoms with Crippen molar-refractivity contribution in [3.63, 3.8) is 0 Å². The van der Waals surface area contributed by atoms with Gasteiger partial charge in [-0.1, -0.05) is 137 Å². The van der Waals surface area contributed by atoms with E-state index >= 15 is 4.79 Å². The Morgan fingerprint density at radius 2 is 1.61 bits per heavy atom. The summed E-state index contributed by atoms with van der Waals surface area (Å²) in [5.41, 5.74) is 3.87. The summed E-state index contributed by atoms with van der Waals surface area (Å²) in [6, 6.07) is 20.3. The standard InChI is InChI=1S/C62H86FN3O11/c1-3-5-6-7-8-9-10-11-12-19-34-64-60(69)75-50-32-33-55-53(42-50)58-51(26-17-21-36-68)48(25-16-20-35-67)41-52-54(65-77-57-27-18-22-38-72-57)43-56(62(76-55,59(52)58)74-37-4-2)66(44-46-28-30-49(63)31-29-46)61(70)73-40-39-71-45-47-23-14-13-15-24-47/h4,13-15,23-24,28-33,41-42,48,51,56-59,67-68H,2-3,5-12,16-22,25-27,34-40,43-45H2,1H3,(H,64,69)/t48-,51+,56-,57?,58+,59+,62+/m0/s1. The van der Waals surface area contributed by atoms with Gasteiger partial charge in [0, 0.05) is 50.6 Å². The molecule has 2 aliphatic heterocycles. The van der Waals surface area contributed by atoms with Crippen molar-refractivity contribution in [1.29, 1.82) is 0 Å². The number of amides is 2. The van der Waals surface area contributed by atoms with Gasteiger partial charge < -0.3 is 48.8 Å². The molecule has 3 N–H and O–H groups in total. The monoisotopic (exact) mass is 1070 g/mol. The fourth-order valence-electron chi connectivity index (χ4n) is 11.7. The molecule has 3 aromatic carbocycles. The molecule has 0 aromatic heterocycles. The largest absolute Gasteiger partial charge is 0.459 e. The number of hydrogen-bond donors (Lipinski definition) is 3. The molecule has 14 nitrogen and oxygen atoms in total. The molecule has 15 heteroatoms. The van der Waals surface area contributed by atoms with Crippen LogP contribution in [0.15, 0.2) is 102 Å². The summed E-state index contributed by atoms with van der Waals surface area (Å²) in [5, 5.41) is 28.1. The van der Waals surface area contributed by atoms with Gasteiger partial charge in [0.1, 0.15) is 30.0 Å².